The quantitative estimate of drug-likeness (QED) is 0.358. The van der Waals surface area contributed by atoms with E-state index in [2.05, 4.69) is 5.10 Å². The maximum Gasteiger partial charge on any atom is 0.215 e. The second-order valence-corrected chi connectivity index (χ2v) is 1.55. The van der Waals surface area contributed by atoms with Crippen LogP contribution >= 0.6 is 12.4 Å². The Hall–Kier alpha value is -1.23. The van der Waals surface area contributed by atoms with Gasteiger partial charge in [-0.15, -0.1) is 12.4 Å². The van der Waals surface area contributed by atoms with Crippen molar-refractivity contribution in [2.45, 2.75) is 0 Å². The highest BCUT2D eigenvalue weighted by molar-refractivity contribution is 5.85. The summed E-state index contributed by atoms with van der Waals surface area (Å²) in [5, 5.41) is 10.5. The number of halogens is 1. The van der Waals surface area contributed by atoms with E-state index in [4.69, 9.17) is 16.9 Å². The normalized spacial score (nSPS) is 8.40. The van der Waals surface area contributed by atoms with E-state index in [0.29, 0.717) is 5.82 Å². The molecular weight excluding hydrogens is 154 g/mol. The van der Waals surface area contributed by atoms with E-state index in [-0.39, 0.29) is 18.4 Å². The topological polar surface area (TPSA) is 93.7 Å². The molecule has 1 heterocycles. The van der Waals surface area contributed by atoms with Gasteiger partial charge in [0.15, 0.2) is 0 Å². The molecule has 5 N–H and O–H groups in total. The summed E-state index contributed by atoms with van der Waals surface area (Å²) >= 11 is 0. The van der Waals surface area contributed by atoms with Gasteiger partial charge in [0.05, 0.1) is 6.20 Å². The molecule has 0 fully saturated rings. The fourth-order valence-electron chi connectivity index (χ4n) is 0.515. The van der Waals surface area contributed by atoms with Crippen LogP contribution < -0.4 is 11.5 Å². The fourth-order valence-corrected chi connectivity index (χ4v) is 0.515. The lowest BCUT2D eigenvalue weighted by molar-refractivity contribution is 0.922. The largest absolute Gasteiger partial charge is 0.383 e. The first kappa shape index (κ1) is 8.77. The Morgan fingerprint density at radius 3 is 2.50 bits per heavy atom. The van der Waals surface area contributed by atoms with Crippen molar-refractivity contribution in [1.82, 2.24) is 9.78 Å². The molecule has 56 valence electrons. The number of rotatable bonds is 0. The van der Waals surface area contributed by atoms with Gasteiger partial charge in [-0.05, 0) is 0 Å². The Morgan fingerprint density at radius 1 is 1.70 bits per heavy atom. The van der Waals surface area contributed by atoms with Crippen LogP contribution in [0.4, 0.5) is 5.82 Å². The van der Waals surface area contributed by atoms with Crippen molar-refractivity contribution in [3.05, 3.63) is 12.3 Å². The summed E-state index contributed by atoms with van der Waals surface area (Å²) in [5.74, 6) is 0.208. The maximum atomic E-state index is 6.89. The molecule has 0 aliphatic heterocycles. The highest BCUT2D eigenvalue weighted by atomic mass is 35.5. The molecule has 1 aromatic heterocycles. The van der Waals surface area contributed by atoms with Crippen molar-refractivity contribution < 1.29 is 0 Å². The average molecular weight is 162 g/mol. The smallest absolute Gasteiger partial charge is 0.215 e. The zero-order valence-electron chi connectivity index (χ0n) is 5.11. The minimum absolute atomic E-state index is 0. The van der Waals surface area contributed by atoms with Crippen LogP contribution in [0.3, 0.4) is 0 Å². The van der Waals surface area contributed by atoms with E-state index in [1.54, 1.807) is 6.07 Å². The molecular formula is C4H8ClN5. The van der Waals surface area contributed by atoms with E-state index in [9.17, 15) is 0 Å². The molecule has 0 bridgehead atoms. The molecule has 0 aliphatic carbocycles. The van der Waals surface area contributed by atoms with Crippen molar-refractivity contribution in [3.8, 4) is 0 Å². The first-order valence-electron chi connectivity index (χ1n) is 2.35. The third-order valence-corrected chi connectivity index (χ3v) is 0.900. The van der Waals surface area contributed by atoms with Gasteiger partial charge in [-0.2, -0.15) is 9.78 Å². The van der Waals surface area contributed by atoms with Crippen LogP contribution in [0.2, 0.25) is 0 Å². The van der Waals surface area contributed by atoms with Crippen molar-refractivity contribution in [2.24, 2.45) is 5.73 Å². The van der Waals surface area contributed by atoms with Crippen LogP contribution in [0.15, 0.2) is 12.3 Å². The summed E-state index contributed by atoms with van der Waals surface area (Å²) in [5.41, 5.74) is 10.4. The number of nitrogen functional groups attached to an aromatic ring is 2. The third kappa shape index (κ3) is 1.38. The lowest BCUT2D eigenvalue weighted by Gasteiger charge is -1.96. The summed E-state index contributed by atoms with van der Waals surface area (Å²) in [6.07, 6.45) is 1.48. The summed E-state index contributed by atoms with van der Waals surface area (Å²) in [6, 6.07) is 1.57. The first-order valence-corrected chi connectivity index (χ1v) is 2.35. The second kappa shape index (κ2) is 3.07. The molecule has 6 heteroatoms. The van der Waals surface area contributed by atoms with Crippen LogP contribution in [0.1, 0.15) is 0 Å². The zero-order valence-corrected chi connectivity index (χ0v) is 5.93. The van der Waals surface area contributed by atoms with Gasteiger partial charge in [-0.1, -0.05) is 0 Å². The predicted octanol–water partition coefficient (Wildman–Crippen LogP) is -0.371. The molecule has 0 radical (unpaired) electrons. The molecule has 1 rings (SSSR count). The van der Waals surface area contributed by atoms with E-state index in [0.717, 1.165) is 4.68 Å². The molecule has 0 amide bonds. The molecule has 0 saturated heterocycles. The van der Waals surface area contributed by atoms with Gasteiger partial charge in [-0.25, -0.2) is 0 Å². The Labute approximate surface area is 63.9 Å². The zero-order chi connectivity index (χ0) is 6.85. The molecule has 0 spiro atoms. The molecule has 10 heavy (non-hydrogen) atoms. The summed E-state index contributed by atoms with van der Waals surface area (Å²) in [7, 11) is 0. The lowest BCUT2D eigenvalue weighted by Crippen LogP contribution is -2.23. The first-order chi connectivity index (χ1) is 4.22. The number of hydrogen-bond acceptors (Lipinski definition) is 3. The summed E-state index contributed by atoms with van der Waals surface area (Å²) in [6.45, 7) is 0. The monoisotopic (exact) mass is 161 g/mol. The fraction of sp³-hybridized carbons (Fsp3) is 0. The van der Waals surface area contributed by atoms with Crippen LogP contribution in [-0.2, 0) is 0 Å². The SMILES string of the molecule is Cl.N=C(N)n1nccc1N. The Bertz CT molecular complexity index is 229. The minimum Gasteiger partial charge on any atom is -0.383 e. The molecule has 0 atom stereocenters. The summed E-state index contributed by atoms with van der Waals surface area (Å²) < 4.78 is 1.14. The van der Waals surface area contributed by atoms with E-state index < -0.39 is 0 Å². The number of aromatic nitrogens is 2. The summed E-state index contributed by atoms with van der Waals surface area (Å²) in [4.78, 5) is 0. The molecule has 0 aromatic carbocycles. The van der Waals surface area contributed by atoms with Crippen LogP contribution in [0.5, 0.6) is 0 Å². The predicted molar refractivity (Wildman–Crippen MR) is 41.2 cm³/mol. The molecule has 5 nitrogen and oxygen atoms in total. The van der Waals surface area contributed by atoms with Gasteiger partial charge in [0.25, 0.3) is 0 Å². The van der Waals surface area contributed by atoms with Gasteiger partial charge in [0.1, 0.15) is 5.82 Å². The van der Waals surface area contributed by atoms with Crippen LogP contribution in [0, 0.1) is 5.41 Å². The Kier molecular flexibility index (Phi) is 2.69. The van der Waals surface area contributed by atoms with Crippen molar-refractivity contribution in [2.75, 3.05) is 5.73 Å². The van der Waals surface area contributed by atoms with Gasteiger partial charge in [-0.3, -0.25) is 5.41 Å². The Balaban J connectivity index is 0.000000810. The highest BCUT2D eigenvalue weighted by Gasteiger charge is 1.96. The van der Waals surface area contributed by atoms with Gasteiger partial charge in [0, 0.05) is 6.07 Å². The van der Waals surface area contributed by atoms with E-state index in [1.165, 1.54) is 6.20 Å². The second-order valence-electron chi connectivity index (χ2n) is 1.55. The highest BCUT2D eigenvalue weighted by Crippen LogP contribution is 1.95. The molecule has 1 aromatic rings. The average Bonchev–Trinajstić information content (AvgIpc) is 2.13. The van der Waals surface area contributed by atoms with E-state index in [1.807, 2.05) is 0 Å². The minimum atomic E-state index is -0.169. The number of anilines is 1. The Morgan fingerprint density at radius 2 is 2.30 bits per heavy atom. The lowest BCUT2D eigenvalue weighted by atomic mass is 10.6. The number of hydrogen-bond donors (Lipinski definition) is 3. The van der Waals surface area contributed by atoms with Gasteiger partial charge < -0.3 is 11.5 Å². The molecule has 0 aliphatic rings. The number of nitrogens with zero attached hydrogens (tertiary/aromatic N) is 2. The maximum absolute atomic E-state index is 6.89. The van der Waals surface area contributed by atoms with Crippen molar-refractivity contribution in [1.29, 1.82) is 5.41 Å². The van der Waals surface area contributed by atoms with E-state index >= 15 is 0 Å². The van der Waals surface area contributed by atoms with Gasteiger partial charge >= 0.3 is 0 Å². The van der Waals surface area contributed by atoms with Gasteiger partial charge in [0.2, 0.25) is 5.96 Å². The van der Waals surface area contributed by atoms with Crippen LogP contribution in [-0.4, -0.2) is 15.7 Å². The standard InChI is InChI=1S/C4H7N5.ClH/c5-3-1-2-8-9(3)4(6)7;/h1-2H,5H2,(H3,6,7);1H. The molecule has 0 unspecified atom stereocenters. The number of nitrogens with two attached hydrogens (primary N) is 2. The van der Waals surface area contributed by atoms with Crippen molar-refractivity contribution >= 4 is 24.2 Å². The van der Waals surface area contributed by atoms with Crippen LogP contribution in [0.25, 0.3) is 0 Å². The number of nitrogens with one attached hydrogen (secondary N) is 1. The van der Waals surface area contributed by atoms with Crippen molar-refractivity contribution in [3.63, 3.8) is 0 Å². The third-order valence-electron chi connectivity index (χ3n) is 0.900. The molecule has 0 saturated carbocycles.